The van der Waals surface area contributed by atoms with Gasteiger partial charge in [-0.25, -0.2) is 0 Å². The molecule has 0 N–H and O–H groups in total. The fourth-order valence-electron chi connectivity index (χ4n) is 2.81. The van der Waals surface area contributed by atoms with Gasteiger partial charge >= 0.3 is 0 Å². The minimum atomic E-state index is 0.0639. The first kappa shape index (κ1) is 15.3. The van der Waals surface area contributed by atoms with E-state index in [0.29, 0.717) is 19.1 Å². The number of methoxy groups -OCH3 is 1. The van der Waals surface area contributed by atoms with E-state index in [-0.39, 0.29) is 5.91 Å². The third kappa shape index (κ3) is 2.81. The Balaban J connectivity index is 1.83. The molecule has 0 saturated heterocycles. The van der Waals surface area contributed by atoms with Gasteiger partial charge in [0.2, 0.25) is 0 Å². The predicted molar refractivity (Wildman–Crippen MR) is 91.4 cm³/mol. The average molecular weight is 360 g/mol. The van der Waals surface area contributed by atoms with Crippen LogP contribution in [0.15, 0.2) is 46.9 Å². The second-order valence-corrected chi connectivity index (χ2v) is 6.56. The minimum absolute atomic E-state index is 0.0639. The van der Waals surface area contributed by atoms with Gasteiger partial charge in [0.05, 0.1) is 13.2 Å². The highest BCUT2D eigenvalue weighted by Crippen LogP contribution is 2.31. The van der Waals surface area contributed by atoms with Gasteiger partial charge < -0.3 is 9.64 Å². The molecule has 114 valence electrons. The van der Waals surface area contributed by atoms with Gasteiger partial charge in [0.15, 0.2) is 0 Å². The third-order valence-electron chi connectivity index (χ3n) is 4.07. The summed E-state index contributed by atoms with van der Waals surface area (Å²) in [6.45, 7) is 3.46. The molecule has 4 heteroatoms. The van der Waals surface area contributed by atoms with E-state index in [2.05, 4.69) is 35.0 Å². The van der Waals surface area contributed by atoms with Gasteiger partial charge in [-0.2, -0.15) is 0 Å². The van der Waals surface area contributed by atoms with Crippen molar-refractivity contribution in [3.63, 3.8) is 0 Å². The van der Waals surface area contributed by atoms with Gasteiger partial charge in [0, 0.05) is 28.8 Å². The maximum absolute atomic E-state index is 12.6. The zero-order valence-electron chi connectivity index (χ0n) is 12.7. The van der Waals surface area contributed by atoms with Crippen molar-refractivity contribution in [1.82, 2.24) is 0 Å². The topological polar surface area (TPSA) is 29.5 Å². The second kappa shape index (κ2) is 6.23. The van der Waals surface area contributed by atoms with E-state index in [1.54, 1.807) is 7.11 Å². The van der Waals surface area contributed by atoms with E-state index in [1.165, 1.54) is 5.56 Å². The Labute approximate surface area is 139 Å². The Bertz CT molecular complexity index is 697. The lowest BCUT2D eigenvalue weighted by Gasteiger charge is -2.17. The summed E-state index contributed by atoms with van der Waals surface area (Å²) >= 11 is 3.43. The Morgan fingerprint density at radius 3 is 2.64 bits per heavy atom. The van der Waals surface area contributed by atoms with Crippen molar-refractivity contribution in [3.8, 4) is 0 Å². The van der Waals surface area contributed by atoms with Crippen LogP contribution in [0.5, 0.6) is 0 Å². The zero-order valence-corrected chi connectivity index (χ0v) is 14.3. The number of fused-ring (bicyclic) bond motifs is 1. The lowest BCUT2D eigenvalue weighted by molar-refractivity contribution is 0.0996. The number of amides is 1. The van der Waals surface area contributed by atoms with Crippen molar-refractivity contribution in [2.45, 2.75) is 19.4 Å². The molecule has 0 aromatic heterocycles. The fraction of sp³-hybridized carbons (Fsp3) is 0.278. The first-order valence-corrected chi connectivity index (χ1v) is 8.08. The Kier molecular flexibility index (Phi) is 4.32. The van der Waals surface area contributed by atoms with E-state index < -0.39 is 0 Å². The summed E-state index contributed by atoms with van der Waals surface area (Å²) < 4.78 is 6.12. The molecule has 0 radical (unpaired) electrons. The van der Waals surface area contributed by atoms with Gasteiger partial charge in [-0.3, -0.25) is 4.79 Å². The van der Waals surface area contributed by atoms with Gasteiger partial charge in [0.25, 0.3) is 5.91 Å². The summed E-state index contributed by atoms with van der Waals surface area (Å²) in [6.07, 6.45) is 0. The van der Waals surface area contributed by atoms with E-state index in [9.17, 15) is 4.79 Å². The number of carbonyl (C=O) groups excluding carboxylic acids is 1. The highest BCUT2D eigenvalue weighted by Gasteiger charge is 2.28. The van der Waals surface area contributed by atoms with E-state index in [4.69, 9.17) is 4.74 Å². The summed E-state index contributed by atoms with van der Waals surface area (Å²) in [5.41, 5.74) is 4.01. The molecule has 1 unspecified atom stereocenters. The van der Waals surface area contributed by atoms with Gasteiger partial charge in [-0.15, -0.1) is 0 Å². The molecule has 2 aromatic rings. The zero-order chi connectivity index (χ0) is 15.7. The summed E-state index contributed by atoms with van der Waals surface area (Å²) in [4.78, 5) is 14.4. The van der Waals surface area contributed by atoms with Crippen LogP contribution in [0.3, 0.4) is 0 Å². The quantitative estimate of drug-likeness (QED) is 0.811. The number of hydrogen-bond donors (Lipinski definition) is 0. The molecule has 0 spiro atoms. The molecule has 1 atom stereocenters. The van der Waals surface area contributed by atoms with Crippen molar-refractivity contribution >= 4 is 27.5 Å². The van der Waals surface area contributed by atoms with Crippen molar-refractivity contribution in [2.75, 3.05) is 18.6 Å². The molecule has 3 nitrogen and oxygen atoms in total. The molecule has 3 rings (SSSR count). The van der Waals surface area contributed by atoms with Gasteiger partial charge in [-0.05, 0) is 35.4 Å². The van der Waals surface area contributed by atoms with Crippen LogP contribution in [0, 0.1) is 0 Å². The van der Waals surface area contributed by atoms with E-state index in [1.807, 2.05) is 35.2 Å². The molecule has 1 heterocycles. The van der Waals surface area contributed by atoms with Crippen LogP contribution in [-0.4, -0.2) is 19.6 Å². The molecule has 0 aliphatic carbocycles. The smallest absolute Gasteiger partial charge is 0.258 e. The van der Waals surface area contributed by atoms with Crippen LogP contribution >= 0.6 is 15.9 Å². The summed E-state index contributed by atoms with van der Waals surface area (Å²) in [5, 5.41) is 0. The number of carbonyl (C=O) groups is 1. The molecular formula is C18H18BrNO2. The van der Waals surface area contributed by atoms with Gasteiger partial charge in [0.1, 0.15) is 0 Å². The minimum Gasteiger partial charge on any atom is -0.384 e. The molecule has 0 saturated carbocycles. The van der Waals surface area contributed by atoms with Crippen LogP contribution in [0.1, 0.15) is 34.3 Å². The second-order valence-electron chi connectivity index (χ2n) is 5.64. The number of anilines is 1. The number of halogens is 1. The first-order chi connectivity index (χ1) is 10.6. The standard InChI is InChI=1S/C18H18BrNO2/c1-12(11-22-2)13-4-7-16(8-5-13)20-10-14-3-6-15(19)9-17(14)18(20)21/h3-9,12H,10-11H2,1-2H3. The van der Waals surface area contributed by atoms with E-state index in [0.717, 1.165) is 21.3 Å². The van der Waals surface area contributed by atoms with Crippen LogP contribution in [0.25, 0.3) is 0 Å². The van der Waals surface area contributed by atoms with Crippen molar-refractivity contribution < 1.29 is 9.53 Å². The average Bonchev–Trinajstić information content (AvgIpc) is 2.84. The lowest BCUT2D eigenvalue weighted by Crippen LogP contribution is -2.22. The largest absolute Gasteiger partial charge is 0.384 e. The maximum Gasteiger partial charge on any atom is 0.258 e. The van der Waals surface area contributed by atoms with Crippen molar-refractivity contribution in [2.24, 2.45) is 0 Å². The normalized spacial score (nSPS) is 15.0. The number of rotatable bonds is 4. The highest BCUT2D eigenvalue weighted by atomic mass is 79.9. The SMILES string of the molecule is COCC(C)c1ccc(N2Cc3ccc(Br)cc3C2=O)cc1. The fourth-order valence-corrected chi connectivity index (χ4v) is 3.17. The van der Waals surface area contributed by atoms with Crippen LogP contribution in [0.4, 0.5) is 5.69 Å². The molecule has 2 aromatic carbocycles. The lowest BCUT2D eigenvalue weighted by atomic mass is 10.0. The van der Waals surface area contributed by atoms with Crippen molar-refractivity contribution in [3.05, 3.63) is 63.6 Å². The monoisotopic (exact) mass is 359 g/mol. The first-order valence-electron chi connectivity index (χ1n) is 7.29. The molecule has 1 aliphatic rings. The van der Waals surface area contributed by atoms with Crippen LogP contribution in [0.2, 0.25) is 0 Å². The Morgan fingerprint density at radius 1 is 1.23 bits per heavy atom. The Morgan fingerprint density at radius 2 is 1.95 bits per heavy atom. The third-order valence-corrected chi connectivity index (χ3v) is 4.56. The van der Waals surface area contributed by atoms with Gasteiger partial charge in [-0.1, -0.05) is 41.1 Å². The molecule has 0 bridgehead atoms. The number of ether oxygens (including phenoxy) is 1. The Hall–Kier alpha value is -1.65. The maximum atomic E-state index is 12.6. The van der Waals surface area contributed by atoms with Crippen molar-refractivity contribution in [1.29, 1.82) is 0 Å². The molecule has 1 aliphatic heterocycles. The number of benzene rings is 2. The molecular weight excluding hydrogens is 342 g/mol. The van der Waals surface area contributed by atoms with E-state index >= 15 is 0 Å². The van der Waals surface area contributed by atoms with Crippen LogP contribution in [-0.2, 0) is 11.3 Å². The molecule has 22 heavy (non-hydrogen) atoms. The number of nitrogens with zero attached hydrogens (tertiary/aromatic N) is 1. The summed E-state index contributed by atoms with van der Waals surface area (Å²) in [5.74, 6) is 0.412. The summed E-state index contributed by atoms with van der Waals surface area (Å²) in [6, 6.07) is 14.1. The number of hydrogen-bond acceptors (Lipinski definition) is 2. The molecule has 0 fully saturated rings. The van der Waals surface area contributed by atoms with Crippen LogP contribution < -0.4 is 4.90 Å². The predicted octanol–water partition coefficient (Wildman–Crippen LogP) is 4.36. The molecule has 1 amide bonds. The highest BCUT2D eigenvalue weighted by molar-refractivity contribution is 9.10. The summed E-state index contributed by atoms with van der Waals surface area (Å²) in [7, 11) is 1.71.